The lowest BCUT2D eigenvalue weighted by Crippen LogP contribution is -2.48. The second kappa shape index (κ2) is 5.69. The van der Waals surface area contributed by atoms with Gasteiger partial charge in [-0.2, -0.15) is 0 Å². The Morgan fingerprint density at radius 3 is 2.86 bits per heavy atom. The first-order chi connectivity index (χ1) is 6.67. The Balaban J connectivity index is 2.41. The maximum Gasteiger partial charge on any atom is 0.0468 e. The second-order valence-electron chi connectivity index (χ2n) is 4.80. The number of rotatable bonds is 4. The molecule has 3 N–H and O–H groups in total. The molecular formula is C11H24N2O. The molecule has 0 spiro atoms. The van der Waals surface area contributed by atoms with E-state index in [9.17, 15) is 0 Å². The van der Waals surface area contributed by atoms with E-state index in [0.29, 0.717) is 12.0 Å². The highest BCUT2D eigenvalue weighted by molar-refractivity contribution is 4.81. The summed E-state index contributed by atoms with van der Waals surface area (Å²) in [6, 6.07) is 0.535. The van der Waals surface area contributed by atoms with Crippen LogP contribution in [0, 0.1) is 11.8 Å². The van der Waals surface area contributed by atoms with Crippen molar-refractivity contribution in [2.75, 3.05) is 26.2 Å². The van der Waals surface area contributed by atoms with Crippen molar-refractivity contribution >= 4 is 0 Å². The lowest BCUT2D eigenvalue weighted by Gasteiger charge is -2.39. The van der Waals surface area contributed by atoms with Gasteiger partial charge in [-0.3, -0.25) is 4.90 Å². The predicted octanol–water partition coefficient (Wildman–Crippen LogP) is 0.674. The number of aliphatic hydroxyl groups excluding tert-OH is 1. The molecule has 3 unspecified atom stereocenters. The summed E-state index contributed by atoms with van der Waals surface area (Å²) in [6.45, 7) is 7.56. The molecule has 0 aliphatic carbocycles. The van der Waals surface area contributed by atoms with Gasteiger partial charge in [-0.05, 0) is 31.2 Å². The van der Waals surface area contributed by atoms with E-state index in [1.54, 1.807) is 0 Å². The fraction of sp³-hybridized carbons (Fsp3) is 1.00. The number of nitrogens with two attached hydrogens (primary N) is 1. The van der Waals surface area contributed by atoms with Gasteiger partial charge in [0.1, 0.15) is 0 Å². The summed E-state index contributed by atoms with van der Waals surface area (Å²) in [7, 11) is 0. The van der Waals surface area contributed by atoms with E-state index in [4.69, 9.17) is 10.8 Å². The molecule has 0 saturated carbocycles. The van der Waals surface area contributed by atoms with E-state index in [0.717, 1.165) is 25.6 Å². The van der Waals surface area contributed by atoms with E-state index in [-0.39, 0.29) is 6.61 Å². The number of hydrogen-bond donors (Lipinski definition) is 2. The Labute approximate surface area is 87.3 Å². The molecule has 1 heterocycles. The van der Waals surface area contributed by atoms with E-state index in [2.05, 4.69) is 18.7 Å². The molecule has 1 saturated heterocycles. The minimum Gasteiger partial charge on any atom is -0.396 e. The smallest absolute Gasteiger partial charge is 0.0468 e. The molecule has 3 atom stereocenters. The lowest BCUT2D eigenvalue weighted by atomic mass is 9.91. The molecule has 1 rings (SSSR count). The molecule has 0 aromatic rings. The molecule has 3 heteroatoms. The standard InChI is InChI=1S/C11H24N2O/c1-9-3-4-13(7-10(2)8-14)11(5-9)6-12/h9-11,14H,3-8,12H2,1-2H3. The average molecular weight is 200 g/mol. The molecule has 3 nitrogen and oxygen atoms in total. The highest BCUT2D eigenvalue weighted by Crippen LogP contribution is 2.22. The van der Waals surface area contributed by atoms with Crippen molar-refractivity contribution in [1.82, 2.24) is 4.90 Å². The monoisotopic (exact) mass is 200 g/mol. The van der Waals surface area contributed by atoms with Gasteiger partial charge in [0, 0.05) is 25.7 Å². The summed E-state index contributed by atoms with van der Waals surface area (Å²) in [5.74, 6) is 1.18. The quantitative estimate of drug-likeness (QED) is 0.701. The van der Waals surface area contributed by atoms with Crippen LogP contribution in [-0.2, 0) is 0 Å². The maximum absolute atomic E-state index is 9.02. The molecule has 0 bridgehead atoms. The van der Waals surface area contributed by atoms with Crippen LogP contribution in [0.4, 0.5) is 0 Å². The zero-order chi connectivity index (χ0) is 10.6. The topological polar surface area (TPSA) is 49.5 Å². The van der Waals surface area contributed by atoms with E-state index in [1.165, 1.54) is 12.8 Å². The van der Waals surface area contributed by atoms with Crippen LogP contribution >= 0.6 is 0 Å². The van der Waals surface area contributed by atoms with Crippen molar-refractivity contribution in [2.45, 2.75) is 32.7 Å². The third-order valence-corrected chi connectivity index (χ3v) is 3.23. The summed E-state index contributed by atoms with van der Waals surface area (Å²) in [5, 5.41) is 9.02. The van der Waals surface area contributed by atoms with Crippen LogP contribution in [0.5, 0.6) is 0 Å². The van der Waals surface area contributed by atoms with Gasteiger partial charge in [0.15, 0.2) is 0 Å². The molecule has 1 fully saturated rings. The molecule has 1 aliphatic heterocycles. The number of likely N-dealkylation sites (tertiary alicyclic amines) is 1. The molecule has 0 aromatic heterocycles. The van der Waals surface area contributed by atoms with Crippen molar-refractivity contribution in [3.8, 4) is 0 Å². The van der Waals surface area contributed by atoms with Crippen molar-refractivity contribution in [1.29, 1.82) is 0 Å². The van der Waals surface area contributed by atoms with Crippen LogP contribution in [0.25, 0.3) is 0 Å². The van der Waals surface area contributed by atoms with Crippen LogP contribution in [0.1, 0.15) is 26.7 Å². The van der Waals surface area contributed by atoms with E-state index in [1.807, 2.05) is 0 Å². The summed E-state index contributed by atoms with van der Waals surface area (Å²) in [5.41, 5.74) is 5.77. The Bertz CT molecular complexity index is 163. The minimum atomic E-state index is 0.281. The molecular weight excluding hydrogens is 176 g/mol. The third-order valence-electron chi connectivity index (χ3n) is 3.23. The zero-order valence-corrected chi connectivity index (χ0v) is 9.45. The Morgan fingerprint density at radius 1 is 1.57 bits per heavy atom. The van der Waals surface area contributed by atoms with Crippen molar-refractivity contribution < 1.29 is 5.11 Å². The highest BCUT2D eigenvalue weighted by atomic mass is 16.3. The zero-order valence-electron chi connectivity index (χ0n) is 9.45. The summed E-state index contributed by atoms with van der Waals surface area (Å²) < 4.78 is 0. The summed E-state index contributed by atoms with van der Waals surface area (Å²) in [6.07, 6.45) is 2.49. The van der Waals surface area contributed by atoms with Gasteiger partial charge >= 0.3 is 0 Å². The number of piperidine rings is 1. The van der Waals surface area contributed by atoms with E-state index >= 15 is 0 Å². The molecule has 0 amide bonds. The fourth-order valence-corrected chi connectivity index (χ4v) is 2.24. The fourth-order valence-electron chi connectivity index (χ4n) is 2.24. The first-order valence-electron chi connectivity index (χ1n) is 5.72. The number of aliphatic hydroxyl groups is 1. The van der Waals surface area contributed by atoms with Gasteiger partial charge in [-0.15, -0.1) is 0 Å². The molecule has 1 aliphatic rings. The average Bonchev–Trinajstić information content (AvgIpc) is 2.20. The van der Waals surface area contributed by atoms with Gasteiger partial charge in [-0.1, -0.05) is 13.8 Å². The first kappa shape index (κ1) is 12.0. The number of nitrogens with zero attached hydrogens (tertiary/aromatic N) is 1. The Morgan fingerprint density at radius 2 is 2.29 bits per heavy atom. The first-order valence-corrected chi connectivity index (χ1v) is 5.72. The SMILES string of the molecule is CC1CCN(CC(C)CO)C(CN)C1. The molecule has 0 aromatic carbocycles. The Hall–Kier alpha value is -0.120. The normalized spacial score (nSPS) is 31.7. The number of hydrogen-bond acceptors (Lipinski definition) is 3. The molecule has 14 heavy (non-hydrogen) atoms. The molecule has 84 valence electrons. The van der Waals surface area contributed by atoms with Gasteiger partial charge in [-0.25, -0.2) is 0 Å². The maximum atomic E-state index is 9.02. The van der Waals surface area contributed by atoms with Crippen LogP contribution in [0.15, 0.2) is 0 Å². The van der Waals surface area contributed by atoms with E-state index < -0.39 is 0 Å². The van der Waals surface area contributed by atoms with Gasteiger partial charge < -0.3 is 10.8 Å². The third kappa shape index (κ3) is 3.23. The Kier molecular flexibility index (Phi) is 4.85. The van der Waals surface area contributed by atoms with Crippen molar-refractivity contribution in [3.05, 3.63) is 0 Å². The van der Waals surface area contributed by atoms with Crippen molar-refractivity contribution in [3.63, 3.8) is 0 Å². The van der Waals surface area contributed by atoms with Crippen molar-refractivity contribution in [2.24, 2.45) is 17.6 Å². The van der Waals surface area contributed by atoms with Gasteiger partial charge in [0.2, 0.25) is 0 Å². The van der Waals surface area contributed by atoms with Crippen LogP contribution < -0.4 is 5.73 Å². The predicted molar refractivity (Wildman–Crippen MR) is 59.1 cm³/mol. The summed E-state index contributed by atoms with van der Waals surface area (Å²) >= 11 is 0. The minimum absolute atomic E-state index is 0.281. The van der Waals surface area contributed by atoms with Gasteiger partial charge in [0.25, 0.3) is 0 Å². The lowest BCUT2D eigenvalue weighted by molar-refractivity contribution is 0.0901. The van der Waals surface area contributed by atoms with Crippen LogP contribution in [-0.4, -0.2) is 42.3 Å². The summed E-state index contributed by atoms with van der Waals surface area (Å²) in [4.78, 5) is 2.45. The van der Waals surface area contributed by atoms with Crippen LogP contribution in [0.3, 0.4) is 0 Å². The van der Waals surface area contributed by atoms with Gasteiger partial charge in [0.05, 0.1) is 0 Å². The second-order valence-corrected chi connectivity index (χ2v) is 4.80. The molecule has 0 radical (unpaired) electrons. The van der Waals surface area contributed by atoms with Crippen LogP contribution in [0.2, 0.25) is 0 Å². The highest BCUT2D eigenvalue weighted by Gasteiger charge is 2.25. The largest absolute Gasteiger partial charge is 0.396 e.